The second kappa shape index (κ2) is 3.50. The number of thiophene rings is 1. The number of hydrogen-bond acceptors (Lipinski definition) is 3. The molecule has 0 saturated carbocycles. The van der Waals surface area contributed by atoms with Crippen LogP contribution in [0.25, 0.3) is 0 Å². The smallest absolute Gasteiger partial charge is 0.0467 e. The summed E-state index contributed by atoms with van der Waals surface area (Å²) in [6, 6.07) is 2.39. The van der Waals surface area contributed by atoms with Crippen molar-refractivity contribution in [2.75, 3.05) is 6.54 Å². The number of hydrogen-bond donors (Lipinski definition) is 1. The van der Waals surface area contributed by atoms with Gasteiger partial charge in [-0.2, -0.15) is 11.8 Å². The van der Waals surface area contributed by atoms with E-state index in [-0.39, 0.29) is 0 Å². The molecule has 0 radical (unpaired) electrons. The van der Waals surface area contributed by atoms with Crippen LogP contribution >= 0.6 is 23.1 Å². The molecule has 0 aromatic carbocycles. The highest BCUT2D eigenvalue weighted by Gasteiger charge is 2.47. The number of rotatable bonds is 0. The normalized spacial score (nSPS) is 41.2. The van der Waals surface area contributed by atoms with Crippen LogP contribution in [0, 0.1) is 0 Å². The zero-order valence-electron chi connectivity index (χ0n) is 9.37. The molecule has 1 spiro atoms. The van der Waals surface area contributed by atoms with E-state index in [0.717, 1.165) is 10.5 Å². The maximum absolute atomic E-state index is 3.87. The summed E-state index contributed by atoms with van der Waals surface area (Å²) in [5.41, 5.74) is 2.02. The highest BCUT2D eigenvalue weighted by Crippen LogP contribution is 2.53. The summed E-state index contributed by atoms with van der Waals surface area (Å²) in [5, 5.41) is 8.02. The molecule has 0 aliphatic carbocycles. The van der Waals surface area contributed by atoms with Gasteiger partial charge in [0.25, 0.3) is 0 Å². The first-order valence-electron chi connectivity index (χ1n) is 6.33. The molecule has 4 rings (SSSR count). The molecule has 1 nitrogen and oxygen atoms in total. The molecule has 3 aliphatic heterocycles. The van der Waals surface area contributed by atoms with Crippen molar-refractivity contribution in [3.05, 3.63) is 21.9 Å². The Morgan fingerprint density at radius 3 is 2.88 bits per heavy atom. The fourth-order valence-corrected chi connectivity index (χ4v) is 6.61. The van der Waals surface area contributed by atoms with Crippen molar-refractivity contribution in [3.8, 4) is 0 Å². The van der Waals surface area contributed by atoms with Crippen LogP contribution in [0.4, 0.5) is 0 Å². The number of fused-ring (bicyclic) bond motifs is 4. The lowest BCUT2D eigenvalue weighted by Crippen LogP contribution is -2.50. The Morgan fingerprint density at radius 1 is 1.25 bits per heavy atom. The molecule has 1 aromatic rings. The van der Waals surface area contributed by atoms with E-state index in [4.69, 9.17) is 0 Å². The van der Waals surface area contributed by atoms with Crippen molar-refractivity contribution in [1.82, 2.24) is 5.32 Å². The minimum Gasteiger partial charge on any atom is -0.307 e. The minimum absolute atomic E-state index is 0.366. The molecule has 2 saturated heterocycles. The van der Waals surface area contributed by atoms with E-state index in [1.807, 2.05) is 11.3 Å². The zero-order valence-corrected chi connectivity index (χ0v) is 11.0. The lowest BCUT2D eigenvalue weighted by molar-refractivity contribution is 0.275. The summed E-state index contributed by atoms with van der Waals surface area (Å²) < 4.78 is 0. The van der Waals surface area contributed by atoms with Crippen LogP contribution in [0.15, 0.2) is 11.4 Å². The van der Waals surface area contributed by atoms with E-state index >= 15 is 0 Å². The SMILES string of the molecule is c1cc2c(s1)CCNC21CC2CCC(C1)S2. The number of thioether (sulfide) groups is 1. The van der Waals surface area contributed by atoms with Gasteiger partial charge in [0.15, 0.2) is 0 Å². The molecule has 1 N–H and O–H groups in total. The molecule has 2 fully saturated rings. The quantitative estimate of drug-likeness (QED) is 0.760. The van der Waals surface area contributed by atoms with Crippen LogP contribution < -0.4 is 5.32 Å². The van der Waals surface area contributed by atoms with Crippen LogP contribution in [0.5, 0.6) is 0 Å². The molecule has 86 valence electrons. The zero-order chi connectivity index (χ0) is 10.6. The third-order valence-corrected chi connectivity index (χ3v) is 6.98. The molecule has 2 atom stereocenters. The van der Waals surface area contributed by atoms with E-state index in [1.165, 1.54) is 38.6 Å². The van der Waals surface area contributed by atoms with Gasteiger partial charge in [-0.05, 0) is 49.1 Å². The van der Waals surface area contributed by atoms with Gasteiger partial charge >= 0.3 is 0 Å². The second-order valence-electron chi connectivity index (χ2n) is 5.38. The summed E-state index contributed by atoms with van der Waals surface area (Å²) in [6.45, 7) is 1.19. The first kappa shape index (κ1) is 9.98. The Kier molecular flexibility index (Phi) is 2.18. The monoisotopic (exact) mass is 251 g/mol. The Morgan fingerprint density at radius 2 is 2.06 bits per heavy atom. The maximum Gasteiger partial charge on any atom is 0.0467 e. The lowest BCUT2D eigenvalue weighted by Gasteiger charge is -2.44. The molecule has 0 amide bonds. The third kappa shape index (κ3) is 1.34. The molecule has 2 bridgehead atoms. The van der Waals surface area contributed by atoms with Crippen molar-refractivity contribution < 1.29 is 0 Å². The van der Waals surface area contributed by atoms with Gasteiger partial charge in [0.2, 0.25) is 0 Å². The average Bonchev–Trinajstić information content (AvgIpc) is 2.87. The maximum atomic E-state index is 3.87. The highest BCUT2D eigenvalue weighted by atomic mass is 32.2. The van der Waals surface area contributed by atoms with E-state index in [1.54, 1.807) is 10.4 Å². The van der Waals surface area contributed by atoms with Crippen LogP contribution in [0.1, 0.15) is 36.1 Å². The fourth-order valence-electron chi connectivity index (χ4n) is 3.78. The summed E-state index contributed by atoms with van der Waals surface area (Å²) in [6.07, 6.45) is 6.91. The topological polar surface area (TPSA) is 12.0 Å². The van der Waals surface area contributed by atoms with Crippen molar-refractivity contribution >= 4 is 23.1 Å². The Labute approximate surface area is 105 Å². The molecule has 3 heteroatoms. The molecular formula is C13H17NS2. The predicted molar refractivity (Wildman–Crippen MR) is 71.3 cm³/mol. The first-order valence-corrected chi connectivity index (χ1v) is 8.15. The van der Waals surface area contributed by atoms with E-state index < -0.39 is 0 Å². The first-order chi connectivity index (χ1) is 7.86. The number of nitrogens with one attached hydrogen (secondary N) is 1. The Bertz CT molecular complexity index is 400. The van der Waals surface area contributed by atoms with E-state index in [9.17, 15) is 0 Å². The van der Waals surface area contributed by atoms with Crippen molar-refractivity contribution in [1.29, 1.82) is 0 Å². The standard InChI is InChI=1S/C13H17NS2/c1-2-10-8-13(7-9(1)16-10)11-4-6-15-12(11)3-5-14-13/h4,6,9-10,14H,1-3,5,7-8H2. The van der Waals surface area contributed by atoms with E-state index in [2.05, 4.69) is 28.5 Å². The summed E-state index contributed by atoms with van der Waals surface area (Å²) in [5.74, 6) is 0. The molecule has 1 aromatic heterocycles. The average molecular weight is 251 g/mol. The minimum atomic E-state index is 0.366. The molecule has 4 heterocycles. The fraction of sp³-hybridized carbons (Fsp3) is 0.692. The van der Waals surface area contributed by atoms with E-state index in [0.29, 0.717) is 5.54 Å². The van der Waals surface area contributed by atoms with Gasteiger partial charge in [0.1, 0.15) is 0 Å². The third-order valence-electron chi connectivity index (χ3n) is 4.42. The molecular weight excluding hydrogens is 234 g/mol. The van der Waals surface area contributed by atoms with Gasteiger partial charge in [0, 0.05) is 27.5 Å². The molecule has 3 aliphatic rings. The Balaban J connectivity index is 1.78. The van der Waals surface area contributed by atoms with Crippen LogP contribution in [0.2, 0.25) is 0 Å². The Hall–Kier alpha value is 0.01000. The van der Waals surface area contributed by atoms with Crippen molar-refractivity contribution in [2.24, 2.45) is 0 Å². The largest absolute Gasteiger partial charge is 0.307 e. The lowest BCUT2D eigenvalue weighted by atomic mass is 9.80. The van der Waals surface area contributed by atoms with Gasteiger partial charge in [-0.3, -0.25) is 0 Å². The van der Waals surface area contributed by atoms with Gasteiger partial charge in [-0.25, -0.2) is 0 Å². The van der Waals surface area contributed by atoms with Gasteiger partial charge in [-0.1, -0.05) is 0 Å². The van der Waals surface area contributed by atoms with Gasteiger partial charge < -0.3 is 5.32 Å². The summed E-state index contributed by atoms with van der Waals surface area (Å²) in [7, 11) is 0. The van der Waals surface area contributed by atoms with Crippen molar-refractivity contribution in [3.63, 3.8) is 0 Å². The van der Waals surface area contributed by atoms with Crippen LogP contribution in [0.3, 0.4) is 0 Å². The molecule has 2 unspecified atom stereocenters. The van der Waals surface area contributed by atoms with Crippen molar-refractivity contribution in [2.45, 2.75) is 48.1 Å². The van der Waals surface area contributed by atoms with Crippen LogP contribution in [-0.4, -0.2) is 17.0 Å². The van der Waals surface area contributed by atoms with Gasteiger partial charge in [-0.15, -0.1) is 11.3 Å². The van der Waals surface area contributed by atoms with Crippen LogP contribution in [-0.2, 0) is 12.0 Å². The highest BCUT2D eigenvalue weighted by molar-refractivity contribution is 8.00. The summed E-state index contributed by atoms with van der Waals surface area (Å²) >= 11 is 4.23. The molecule has 16 heavy (non-hydrogen) atoms. The summed E-state index contributed by atoms with van der Waals surface area (Å²) in [4.78, 5) is 1.66. The van der Waals surface area contributed by atoms with Gasteiger partial charge in [0.05, 0.1) is 0 Å². The predicted octanol–water partition coefficient (Wildman–Crippen LogP) is 3.15. The second-order valence-corrected chi connectivity index (χ2v) is 7.99.